The number of carboxylic acid groups (broad SMARTS) is 1. The number of aryl methyl sites for hydroxylation is 6. The van der Waals surface area contributed by atoms with Crippen molar-refractivity contribution in [1.82, 2.24) is 24.1 Å². The highest BCUT2D eigenvalue weighted by atomic mass is 35.5. The van der Waals surface area contributed by atoms with Crippen molar-refractivity contribution in [3.8, 4) is 16.9 Å². The van der Waals surface area contributed by atoms with Gasteiger partial charge in [0.2, 0.25) is 0 Å². The first kappa shape index (κ1) is 38.2. The number of rotatable bonds is 7. The molecule has 14 heteroatoms. The van der Waals surface area contributed by atoms with E-state index in [1.165, 1.54) is 6.07 Å². The van der Waals surface area contributed by atoms with Gasteiger partial charge in [-0.2, -0.15) is 10.2 Å². The van der Waals surface area contributed by atoms with E-state index in [1.807, 2.05) is 59.1 Å². The summed E-state index contributed by atoms with van der Waals surface area (Å²) in [4.78, 5) is 12.9. The van der Waals surface area contributed by atoms with Gasteiger partial charge in [-0.3, -0.25) is 9.36 Å². The van der Waals surface area contributed by atoms with E-state index in [9.17, 15) is 9.90 Å². The molecular formula is C40H42Cl2FN5O5S. The molecule has 6 aromatic rings. The summed E-state index contributed by atoms with van der Waals surface area (Å²) in [7, 11) is 3.59. The normalized spacial score (nSPS) is 14.0. The molecule has 0 unspecified atom stereocenters. The Morgan fingerprint density at radius 3 is 2.61 bits per heavy atom. The first-order chi connectivity index (χ1) is 26.1. The number of hydrogen-bond donors (Lipinski definition) is 1. The summed E-state index contributed by atoms with van der Waals surface area (Å²) in [6.45, 7) is 6.39. The fourth-order valence-electron chi connectivity index (χ4n) is 7.51. The van der Waals surface area contributed by atoms with E-state index < -0.39 is 11.8 Å². The fourth-order valence-corrected chi connectivity index (χ4v) is 8.87. The molecule has 3 aromatic heterocycles. The Labute approximate surface area is 327 Å². The molecular weight excluding hydrogens is 752 g/mol. The number of aromatic carboxylic acids is 1. The maximum absolute atomic E-state index is 15.4. The molecule has 3 aromatic carbocycles. The lowest BCUT2D eigenvalue weighted by Crippen LogP contribution is -2.12. The first-order valence-electron chi connectivity index (χ1n) is 17.9. The molecule has 0 aliphatic carbocycles. The predicted molar refractivity (Wildman–Crippen MR) is 212 cm³/mol. The fraction of sp³-hybridized carbons (Fsp3) is 0.375. The average molecular weight is 795 g/mol. The van der Waals surface area contributed by atoms with Gasteiger partial charge in [-0.15, -0.1) is 11.8 Å². The number of fused-ring (bicyclic) bond motifs is 8. The molecule has 284 valence electrons. The van der Waals surface area contributed by atoms with Crippen LogP contribution in [0.1, 0.15) is 50.8 Å². The van der Waals surface area contributed by atoms with Crippen LogP contribution in [0.2, 0.25) is 10.0 Å². The predicted octanol–water partition coefficient (Wildman–Crippen LogP) is 8.82. The number of nitrogens with zero attached hydrogens (tertiary/aromatic N) is 5. The number of carboxylic acids is 1. The first-order valence-corrected chi connectivity index (χ1v) is 19.8. The lowest BCUT2D eigenvalue weighted by Gasteiger charge is -2.15. The smallest absolute Gasteiger partial charge is 0.352 e. The van der Waals surface area contributed by atoms with Gasteiger partial charge in [-0.25, -0.2) is 9.18 Å². The topological polar surface area (TPSA) is 106 Å². The van der Waals surface area contributed by atoms with Crippen LogP contribution in [0.5, 0.6) is 5.75 Å². The van der Waals surface area contributed by atoms with Gasteiger partial charge >= 0.3 is 5.97 Å². The van der Waals surface area contributed by atoms with Gasteiger partial charge in [0, 0.05) is 75.7 Å². The lowest BCUT2D eigenvalue weighted by atomic mass is 9.97. The Morgan fingerprint density at radius 1 is 1.00 bits per heavy atom. The van der Waals surface area contributed by atoms with Crippen molar-refractivity contribution in [3.63, 3.8) is 0 Å². The Balaban J connectivity index is 1.34. The number of methoxy groups -OCH3 is 1. The van der Waals surface area contributed by atoms with Gasteiger partial charge in [-0.05, 0) is 86.7 Å². The third kappa shape index (κ3) is 7.46. The van der Waals surface area contributed by atoms with Crippen molar-refractivity contribution < 1.29 is 28.5 Å². The molecule has 0 atom stereocenters. The number of benzene rings is 3. The average Bonchev–Trinajstić information content (AvgIpc) is 3.76. The maximum Gasteiger partial charge on any atom is 0.352 e. The molecule has 10 nitrogen and oxygen atoms in total. The molecule has 8 bridgehead atoms. The molecule has 0 saturated carbocycles. The molecule has 7 rings (SSSR count). The van der Waals surface area contributed by atoms with Crippen molar-refractivity contribution in [2.24, 2.45) is 7.05 Å². The molecule has 0 radical (unpaired) electrons. The highest BCUT2D eigenvalue weighted by Gasteiger charge is 2.28. The number of thioether (sulfide) groups is 1. The van der Waals surface area contributed by atoms with Crippen LogP contribution in [0.25, 0.3) is 32.8 Å². The van der Waals surface area contributed by atoms with Crippen molar-refractivity contribution in [1.29, 1.82) is 0 Å². The summed E-state index contributed by atoms with van der Waals surface area (Å²) < 4.78 is 38.5. The number of carbonyl (C=O) groups is 1. The molecule has 0 amide bonds. The molecule has 54 heavy (non-hydrogen) atoms. The zero-order valence-electron chi connectivity index (χ0n) is 30.7. The van der Waals surface area contributed by atoms with Crippen LogP contribution in [0, 0.1) is 19.7 Å². The van der Waals surface area contributed by atoms with Crippen LogP contribution in [0.15, 0.2) is 42.5 Å². The Hall–Kier alpha value is -4.07. The van der Waals surface area contributed by atoms with Gasteiger partial charge in [-0.1, -0.05) is 23.2 Å². The van der Waals surface area contributed by atoms with Crippen molar-refractivity contribution in [2.75, 3.05) is 33.5 Å². The van der Waals surface area contributed by atoms with E-state index in [2.05, 4.69) is 6.07 Å². The highest BCUT2D eigenvalue weighted by molar-refractivity contribution is 7.97. The van der Waals surface area contributed by atoms with Gasteiger partial charge < -0.3 is 23.9 Å². The van der Waals surface area contributed by atoms with Crippen LogP contribution >= 0.6 is 35.0 Å². The van der Waals surface area contributed by atoms with E-state index in [1.54, 1.807) is 24.9 Å². The van der Waals surface area contributed by atoms with E-state index in [0.29, 0.717) is 90.8 Å². The molecule has 1 N–H and O–H groups in total. The standard InChI is InChI=1S/C40H42Cl2FN5O5S/c1-23-35-32-11-10-30(41)37(35)36-24(2)44-48(13-15-52-17-16-51-4)33(36)22-54-21-26-20-27(46(3)45-26)7-6-25-18-29-28(8-9-31(42)38(29)43)34(19-25)53-14-5-12-47(32)39(23)40(49)50/h8-11,18-20H,5-7,12-17,21-22H2,1-4H3,(H,49,50). The second-order valence-corrected chi connectivity index (χ2v) is 15.3. The number of halogens is 3. The van der Waals surface area contributed by atoms with Gasteiger partial charge in [0.15, 0.2) is 0 Å². The van der Waals surface area contributed by atoms with Crippen molar-refractivity contribution in [2.45, 2.75) is 57.7 Å². The molecule has 0 fully saturated rings. The van der Waals surface area contributed by atoms with Crippen molar-refractivity contribution >= 4 is 62.6 Å². The van der Waals surface area contributed by atoms with Crippen LogP contribution in [0.4, 0.5) is 4.39 Å². The van der Waals surface area contributed by atoms with E-state index in [0.717, 1.165) is 50.4 Å². The minimum atomic E-state index is -1.03. The number of aromatic nitrogens is 5. The third-order valence-corrected chi connectivity index (χ3v) is 11.6. The summed E-state index contributed by atoms with van der Waals surface area (Å²) in [6.07, 6.45) is 1.82. The maximum atomic E-state index is 15.4. The molecule has 0 spiro atoms. The SMILES string of the molecule is COCCOCCn1nc(C)c2c1CSCc1cc(n(C)n1)CCc1cc(c3ccc(Cl)c(F)c3c1)OCCCn1c(C(=O)O)c(C)c3c-2c(Cl)ccc31. The van der Waals surface area contributed by atoms with Gasteiger partial charge in [0.05, 0.1) is 55.1 Å². The Kier molecular flexibility index (Phi) is 11.6. The van der Waals surface area contributed by atoms with Crippen LogP contribution in [0.3, 0.4) is 0 Å². The molecule has 1 aliphatic heterocycles. The Morgan fingerprint density at radius 2 is 1.81 bits per heavy atom. The van der Waals surface area contributed by atoms with E-state index in [4.69, 9.17) is 47.6 Å². The van der Waals surface area contributed by atoms with Gasteiger partial charge in [0.25, 0.3) is 0 Å². The molecule has 4 heterocycles. The van der Waals surface area contributed by atoms with Crippen molar-refractivity contribution in [3.05, 3.63) is 97.9 Å². The second-order valence-electron chi connectivity index (χ2n) is 13.5. The van der Waals surface area contributed by atoms with E-state index in [-0.39, 0.29) is 17.3 Å². The summed E-state index contributed by atoms with van der Waals surface area (Å²) in [5.41, 5.74) is 7.91. The molecule has 0 saturated heterocycles. The number of ether oxygens (including phenoxy) is 3. The minimum absolute atomic E-state index is 0.0488. The second kappa shape index (κ2) is 16.3. The number of hydrogen-bond acceptors (Lipinski definition) is 7. The summed E-state index contributed by atoms with van der Waals surface area (Å²) in [6, 6.07) is 13.0. The largest absolute Gasteiger partial charge is 0.493 e. The lowest BCUT2D eigenvalue weighted by molar-refractivity contribution is 0.0651. The van der Waals surface area contributed by atoms with Crippen LogP contribution in [-0.2, 0) is 54.0 Å². The third-order valence-electron chi connectivity index (χ3n) is 10.0. The van der Waals surface area contributed by atoms with Gasteiger partial charge in [0.1, 0.15) is 17.3 Å². The van der Waals surface area contributed by atoms with Crippen LogP contribution < -0.4 is 4.74 Å². The van der Waals surface area contributed by atoms with Crippen LogP contribution in [-0.4, -0.2) is 68.7 Å². The summed E-state index contributed by atoms with van der Waals surface area (Å²) >= 11 is 15.0. The summed E-state index contributed by atoms with van der Waals surface area (Å²) in [5.74, 6) is 0.286. The van der Waals surface area contributed by atoms with E-state index >= 15 is 4.39 Å². The summed E-state index contributed by atoms with van der Waals surface area (Å²) in [5, 5.41) is 22.7. The zero-order valence-corrected chi connectivity index (χ0v) is 33.0. The molecule has 1 aliphatic rings. The monoisotopic (exact) mass is 793 g/mol. The quantitative estimate of drug-likeness (QED) is 0.160. The Bertz CT molecular complexity index is 2370. The highest BCUT2D eigenvalue weighted by Crippen LogP contribution is 2.43. The minimum Gasteiger partial charge on any atom is -0.493 e. The zero-order chi connectivity index (χ0) is 38.1.